The van der Waals surface area contributed by atoms with Crippen LogP contribution in [0.2, 0.25) is 0 Å². The van der Waals surface area contributed by atoms with E-state index in [2.05, 4.69) is 15.5 Å². The molecule has 2 heterocycles. The summed E-state index contributed by atoms with van der Waals surface area (Å²) in [5.74, 6) is 0.632. The van der Waals surface area contributed by atoms with Gasteiger partial charge in [-0.2, -0.15) is 0 Å². The fourth-order valence-electron chi connectivity index (χ4n) is 4.04. The number of anilines is 1. The average Bonchev–Trinajstić information content (AvgIpc) is 3.15. The summed E-state index contributed by atoms with van der Waals surface area (Å²) in [6.45, 7) is 2.67. The normalized spacial score (nSPS) is 24.4. The predicted octanol–water partition coefficient (Wildman–Crippen LogP) is 1.66. The first-order valence-corrected chi connectivity index (χ1v) is 9.50. The Labute approximate surface area is 153 Å². The van der Waals surface area contributed by atoms with Crippen molar-refractivity contribution in [1.82, 2.24) is 15.1 Å². The Balaban J connectivity index is 1.43. The molecule has 0 unspecified atom stereocenters. The molecular weight excluding hydrogens is 332 g/mol. The Bertz CT molecular complexity index is 675. The Morgan fingerprint density at radius 2 is 2.00 bits per heavy atom. The highest BCUT2D eigenvalue weighted by atomic mass is 16.5. The zero-order valence-corrected chi connectivity index (χ0v) is 14.9. The van der Waals surface area contributed by atoms with Crippen molar-refractivity contribution in [2.24, 2.45) is 0 Å². The number of benzene rings is 1. The molecule has 0 bridgehead atoms. The van der Waals surface area contributed by atoms with Gasteiger partial charge in [0.2, 0.25) is 5.91 Å². The average molecular weight is 358 g/mol. The molecular formula is C19H26N4O3. The number of fused-ring (bicyclic) bond motifs is 2. The lowest BCUT2D eigenvalue weighted by Gasteiger charge is -2.40. The van der Waals surface area contributed by atoms with Crippen LogP contribution in [0.15, 0.2) is 24.3 Å². The molecule has 140 valence electrons. The molecule has 0 spiro atoms. The number of piperazine rings is 1. The van der Waals surface area contributed by atoms with Crippen LogP contribution in [-0.2, 0) is 4.79 Å². The van der Waals surface area contributed by atoms with E-state index >= 15 is 0 Å². The summed E-state index contributed by atoms with van der Waals surface area (Å²) in [7, 11) is 0. The van der Waals surface area contributed by atoms with Gasteiger partial charge in [-0.25, -0.2) is 4.79 Å². The van der Waals surface area contributed by atoms with Crippen molar-refractivity contribution in [2.75, 3.05) is 38.1 Å². The topological polar surface area (TPSA) is 73.9 Å². The summed E-state index contributed by atoms with van der Waals surface area (Å²) in [5, 5.41) is 6.08. The highest BCUT2D eigenvalue weighted by molar-refractivity contribution is 5.93. The second-order valence-corrected chi connectivity index (χ2v) is 7.36. The lowest BCUT2D eigenvalue weighted by atomic mass is 10.1. The van der Waals surface area contributed by atoms with Crippen molar-refractivity contribution < 1.29 is 14.3 Å². The van der Waals surface area contributed by atoms with E-state index in [0.29, 0.717) is 50.3 Å². The zero-order chi connectivity index (χ0) is 17.9. The number of hydrogen-bond acceptors (Lipinski definition) is 4. The zero-order valence-electron chi connectivity index (χ0n) is 14.9. The second-order valence-electron chi connectivity index (χ2n) is 7.36. The molecule has 1 aromatic carbocycles. The first kappa shape index (κ1) is 17.1. The smallest absolute Gasteiger partial charge is 0.317 e. The summed E-state index contributed by atoms with van der Waals surface area (Å²) < 4.78 is 5.97. The van der Waals surface area contributed by atoms with E-state index in [1.807, 2.05) is 29.2 Å². The van der Waals surface area contributed by atoms with Crippen LogP contribution >= 0.6 is 0 Å². The molecule has 2 N–H and O–H groups in total. The number of carbonyl (C=O) groups is 2. The number of urea groups is 1. The third-order valence-electron chi connectivity index (χ3n) is 5.51. The Hall–Kier alpha value is -2.28. The third kappa shape index (κ3) is 3.77. The lowest BCUT2D eigenvalue weighted by Crippen LogP contribution is -2.60. The molecule has 1 saturated heterocycles. The third-order valence-corrected chi connectivity index (χ3v) is 5.51. The minimum absolute atomic E-state index is 0.00924. The predicted molar refractivity (Wildman–Crippen MR) is 98.3 cm³/mol. The first-order valence-electron chi connectivity index (χ1n) is 9.50. The van der Waals surface area contributed by atoms with E-state index in [0.717, 1.165) is 12.8 Å². The van der Waals surface area contributed by atoms with Crippen LogP contribution in [0.5, 0.6) is 5.75 Å². The quantitative estimate of drug-likeness (QED) is 0.801. The van der Waals surface area contributed by atoms with Crippen molar-refractivity contribution in [3.8, 4) is 5.75 Å². The van der Waals surface area contributed by atoms with Crippen LogP contribution in [0.4, 0.5) is 10.5 Å². The van der Waals surface area contributed by atoms with E-state index in [9.17, 15) is 9.59 Å². The van der Waals surface area contributed by atoms with Gasteiger partial charge in [-0.15, -0.1) is 0 Å². The molecule has 1 aromatic rings. The van der Waals surface area contributed by atoms with Crippen molar-refractivity contribution in [3.05, 3.63) is 24.3 Å². The molecule has 7 heteroatoms. The molecule has 1 aliphatic carbocycles. The van der Waals surface area contributed by atoms with E-state index in [4.69, 9.17) is 4.74 Å². The molecule has 3 amide bonds. The molecule has 7 nitrogen and oxygen atoms in total. The van der Waals surface area contributed by atoms with Gasteiger partial charge < -0.3 is 20.3 Å². The highest BCUT2D eigenvalue weighted by Gasteiger charge is 2.33. The van der Waals surface area contributed by atoms with Crippen LogP contribution < -0.4 is 15.4 Å². The molecule has 2 aliphatic heterocycles. The van der Waals surface area contributed by atoms with E-state index in [-0.39, 0.29) is 18.0 Å². The minimum atomic E-state index is -0.0446. The van der Waals surface area contributed by atoms with Crippen LogP contribution in [-0.4, -0.2) is 66.6 Å². The van der Waals surface area contributed by atoms with E-state index < -0.39 is 0 Å². The van der Waals surface area contributed by atoms with Gasteiger partial charge in [-0.05, 0) is 25.0 Å². The standard InChI is InChI=1S/C19H26N4O3/c24-18-12-22-9-10-23(19(25)20-14-5-1-2-6-14)11-15(22)13-26-17-8-4-3-7-16(17)21-18/h3-4,7-8,14-15H,1-2,5-6,9-13H2,(H,20,25)(H,21,24)/t15-/m1/s1. The maximum Gasteiger partial charge on any atom is 0.317 e. The number of hydrogen-bond donors (Lipinski definition) is 2. The number of para-hydroxylation sites is 2. The number of carbonyl (C=O) groups excluding carboxylic acids is 2. The first-order chi connectivity index (χ1) is 12.7. The van der Waals surface area contributed by atoms with E-state index in [1.54, 1.807) is 0 Å². The molecule has 0 radical (unpaired) electrons. The lowest BCUT2D eigenvalue weighted by molar-refractivity contribution is -0.118. The Morgan fingerprint density at radius 1 is 1.19 bits per heavy atom. The molecule has 3 aliphatic rings. The van der Waals surface area contributed by atoms with Gasteiger partial charge in [0.05, 0.1) is 18.3 Å². The maximum atomic E-state index is 12.6. The summed E-state index contributed by atoms with van der Waals surface area (Å²) in [6.07, 6.45) is 4.55. The van der Waals surface area contributed by atoms with Gasteiger partial charge in [0.1, 0.15) is 12.4 Å². The Morgan fingerprint density at radius 3 is 2.85 bits per heavy atom. The van der Waals surface area contributed by atoms with Crippen LogP contribution in [0.3, 0.4) is 0 Å². The summed E-state index contributed by atoms with van der Waals surface area (Å²) in [6, 6.07) is 7.81. The summed E-state index contributed by atoms with van der Waals surface area (Å²) >= 11 is 0. The van der Waals surface area contributed by atoms with Crippen molar-refractivity contribution >= 4 is 17.6 Å². The highest BCUT2D eigenvalue weighted by Crippen LogP contribution is 2.26. The summed E-state index contributed by atoms with van der Waals surface area (Å²) in [4.78, 5) is 28.9. The number of ether oxygens (including phenoxy) is 1. The van der Waals surface area contributed by atoms with Crippen molar-refractivity contribution in [3.63, 3.8) is 0 Å². The van der Waals surface area contributed by atoms with Crippen molar-refractivity contribution in [2.45, 2.75) is 37.8 Å². The second kappa shape index (κ2) is 7.53. The maximum absolute atomic E-state index is 12.6. The van der Waals surface area contributed by atoms with E-state index in [1.165, 1.54) is 12.8 Å². The van der Waals surface area contributed by atoms with Crippen LogP contribution in [0.1, 0.15) is 25.7 Å². The number of amides is 3. The molecule has 1 saturated carbocycles. The minimum Gasteiger partial charge on any atom is -0.490 e. The molecule has 26 heavy (non-hydrogen) atoms. The van der Waals surface area contributed by atoms with Crippen molar-refractivity contribution in [1.29, 1.82) is 0 Å². The van der Waals surface area contributed by atoms with Gasteiger partial charge in [0, 0.05) is 25.7 Å². The van der Waals surface area contributed by atoms with Crippen LogP contribution in [0, 0.1) is 0 Å². The molecule has 1 atom stereocenters. The van der Waals surface area contributed by atoms with Gasteiger partial charge in [0.25, 0.3) is 0 Å². The molecule has 4 rings (SSSR count). The number of nitrogens with one attached hydrogen (secondary N) is 2. The summed E-state index contributed by atoms with van der Waals surface area (Å²) in [5.41, 5.74) is 0.702. The number of nitrogens with zero attached hydrogens (tertiary/aromatic N) is 2. The van der Waals surface area contributed by atoms with Gasteiger partial charge >= 0.3 is 6.03 Å². The fourth-order valence-corrected chi connectivity index (χ4v) is 4.04. The Kier molecular flexibility index (Phi) is 4.97. The van der Waals surface area contributed by atoms with Gasteiger partial charge in [-0.1, -0.05) is 25.0 Å². The van der Waals surface area contributed by atoms with Crippen LogP contribution in [0.25, 0.3) is 0 Å². The largest absolute Gasteiger partial charge is 0.490 e. The van der Waals surface area contributed by atoms with Gasteiger partial charge in [-0.3, -0.25) is 9.69 Å². The fraction of sp³-hybridized carbons (Fsp3) is 0.579. The van der Waals surface area contributed by atoms with Gasteiger partial charge in [0.15, 0.2) is 0 Å². The monoisotopic (exact) mass is 358 g/mol. The molecule has 2 fully saturated rings. The molecule has 0 aromatic heterocycles. The number of rotatable bonds is 1. The SMILES string of the molecule is O=C1CN2CCN(C(=O)NC3CCCC3)C[C@@H]2COc2ccccc2N1.